The highest BCUT2D eigenvalue weighted by Crippen LogP contribution is 2.34. The van der Waals surface area contributed by atoms with Crippen LogP contribution in [0.1, 0.15) is 54.1 Å². The molecule has 3 fully saturated rings. The van der Waals surface area contributed by atoms with Crippen LogP contribution in [0.25, 0.3) is 0 Å². The van der Waals surface area contributed by atoms with Crippen LogP contribution in [0.4, 0.5) is 0 Å². The first-order valence-corrected chi connectivity index (χ1v) is 9.98. The third-order valence-electron chi connectivity index (χ3n) is 6.12. The van der Waals surface area contributed by atoms with Crippen molar-refractivity contribution in [3.63, 3.8) is 0 Å². The van der Waals surface area contributed by atoms with E-state index in [0.717, 1.165) is 18.5 Å². The second kappa shape index (κ2) is 7.98. The number of carbonyl (C=O) groups is 2. The van der Waals surface area contributed by atoms with E-state index in [1.165, 1.54) is 19.3 Å². The number of aliphatic carboxylic acids is 1. The lowest BCUT2D eigenvalue weighted by Gasteiger charge is -2.31. The minimum atomic E-state index is -0.838. The number of nitrogens with zero attached hydrogens (tertiary/aromatic N) is 3. The molecule has 1 aliphatic carbocycles. The zero-order chi connectivity index (χ0) is 18.8. The van der Waals surface area contributed by atoms with Gasteiger partial charge in [0, 0.05) is 31.5 Å². The number of hydrogen-bond donors (Lipinski definition) is 2. The number of aromatic amines is 1. The quantitative estimate of drug-likeness (QED) is 0.822. The van der Waals surface area contributed by atoms with Gasteiger partial charge in [0.2, 0.25) is 0 Å². The van der Waals surface area contributed by atoms with Crippen molar-refractivity contribution in [3.8, 4) is 0 Å². The van der Waals surface area contributed by atoms with E-state index in [-0.39, 0.29) is 24.4 Å². The average Bonchev–Trinajstić information content (AvgIpc) is 2.98. The minimum Gasteiger partial charge on any atom is -0.480 e. The zero-order valence-electron chi connectivity index (χ0n) is 15.6. The van der Waals surface area contributed by atoms with Crippen molar-refractivity contribution in [3.05, 3.63) is 17.5 Å². The molecule has 27 heavy (non-hydrogen) atoms. The first-order chi connectivity index (χ1) is 13.1. The van der Waals surface area contributed by atoms with Crippen LogP contribution < -0.4 is 0 Å². The molecule has 1 aromatic heterocycles. The van der Waals surface area contributed by atoms with E-state index in [1.54, 1.807) is 6.20 Å². The number of carboxylic acid groups (broad SMARTS) is 1. The predicted molar refractivity (Wildman–Crippen MR) is 97.6 cm³/mol. The molecule has 4 rings (SSSR count). The molecule has 2 bridgehead atoms. The van der Waals surface area contributed by atoms with Crippen molar-refractivity contribution in [1.29, 1.82) is 0 Å². The number of hydrogen-bond acceptors (Lipinski definition) is 5. The van der Waals surface area contributed by atoms with Crippen LogP contribution in [0.5, 0.6) is 0 Å². The minimum absolute atomic E-state index is 0.00834. The monoisotopic (exact) mass is 376 g/mol. The number of carboxylic acids is 1. The van der Waals surface area contributed by atoms with Crippen LogP contribution in [0.3, 0.4) is 0 Å². The van der Waals surface area contributed by atoms with Gasteiger partial charge in [-0.2, -0.15) is 5.10 Å². The summed E-state index contributed by atoms with van der Waals surface area (Å²) in [6, 6.07) is -0.0809. The number of fused-ring (bicyclic) bond motifs is 3. The number of rotatable bonds is 4. The van der Waals surface area contributed by atoms with Gasteiger partial charge in [0.25, 0.3) is 5.91 Å². The maximum Gasteiger partial charge on any atom is 0.317 e. The van der Waals surface area contributed by atoms with Gasteiger partial charge in [-0.05, 0) is 12.8 Å². The SMILES string of the molecule is O=C(O)CN1C[C@H]2COC[C@@H]1CN(C(=O)c1cn[nH]c1C1CCCCC1)C2. The molecule has 2 N–H and O–H groups in total. The number of aromatic nitrogens is 2. The summed E-state index contributed by atoms with van der Waals surface area (Å²) in [4.78, 5) is 28.4. The lowest BCUT2D eigenvalue weighted by Crippen LogP contribution is -2.47. The molecule has 0 aromatic carbocycles. The molecule has 8 heteroatoms. The normalized spacial score (nSPS) is 27.3. The molecular weight excluding hydrogens is 348 g/mol. The molecule has 3 aliphatic rings. The molecule has 1 aromatic rings. The van der Waals surface area contributed by atoms with Gasteiger partial charge in [0.1, 0.15) is 0 Å². The van der Waals surface area contributed by atoms with Gasteiger partial charge < -0.3 is 14.7 Å². The molecule has 148 valence electrons. The van der Waals surface area contributed by atoms with E-state index < -0.39 is 5.97 Å². The number of carbonyl (C=O) groups excluding carboxylic acids is 1. The van der Waals surface area contributed by atoms with Crippen LogP contribution in [0.2, 0.25) is 0 Å². The Hall–Kier alpha value is -1.93. The Labute approximate surface area is 158 Å². The summed E-state index contributed by atoms with van der Waals surface area (Å²) in [5.74, 6) is -0.308. The Morgan fingerprint density at radius 3 is 2.78 bits per heavy atom. The summed E-state index contributed by atoms with van der Waals surface area (Å²) < 4.78 is 5.72. The fourth-order valence-electron chi connectivity index (χ4n) is 4.80. The Kier molecular flexibility index (Phi) is 5.45. The maximum absolute atomic E-state index is 13.3. The third kappa shape index (κ3) is 4.01. The molecular formula is C19H28N4O4. The van der Waals surface area contributed by atoms with Gasteiger partial charge in [-0.3, -0.25) is 19.6 Å². The highest BCUT2D eigenvalue weighted by Gasteiger charge is 2.37. The van der Waals surface area contributed by atoms with Gasteiger partial charge in [-0.1, -0.05) is 19.3 Å². The maximum atomic E-state index is 13.3. The summed E-state index contributed by atoms with van der Waals surface area (Å²) >= 11 is 0. The lowest BCUT2D eigenvalue weighted by atomic mass is 9.85. The first kappa shape index (κ1) is 18.4. The molecule has 1 saturated carbocycles. The summed E-state index contributed by atoms with van der Waals surface area (Å²) in [6.07, 6.45) is 7.54. The van der Waals surface area contributed by atoms with E-state index in [4.69, 9.17) is 4.74 Å². The van der Waals surface area contributed by atoms with E-state index >= 15 is 0 Å². The fraction of sp³-hybridized carbons (Fsp3) is 0.737. The van der Waals surface area contributed by atoms with Crippen molar-refractivity contribution in [1.82, 2.24) is 20.0 Å². The topological polar surface area (TPSA) is 98.8 Å². The fourth-order valence-corrected chi connectivity index (χ4v) is 4.80. The molecule has 0 radical (unpaired) electrons. The van der Waals surface area contributed by atoms with Crippen molar-refractivity contribution in [2.45, 2.75) is 44.1 Å². The Bertz CT molecular complexity index is 685. The Morgan fingerprint density at radius 2 is 2.00 bits per heavy atom. The smallest absolute Gasteiger partial charge is 0.317 e. The largest absolute Gasteiger partial charge is 0.480 e. The molecule has 0 spiro atoms. The second-order valence-electron chi connectivity index (χ2n) is 8.12. The van der Waals surface area contributed by atoms with Crippen LogP contribution in [0.15, 0.2) is 6.20 Å². The number of amides is 1. The Morgan fingerprint density at radius 1 is 1.19 bits per heavy atom. The number of nitrogens with one attached hydrogen (secondary N) is 1. The Balaban J connectivity index is 1.53. The third-order valence-corrected chi connectivity index (χ3v) is 6.12. The van der Waals surface area contributed by atoms with Gasteiger partial charge in [-0.25, -0.2) is 0 Å². The molecule has 2 aliphatic heterocycles. The summed E-state index contributed by atoms with van der Waals surface area (Å²) in [6.45, 7) is 2.78. The summed E-state index contributed by atoms with van der Waals surface area (Å²) in [7, 11) is 0. The van der Waals surface area contributed by atoms with Gasteiger partial charge in [0.15, 0.2) is 0 Å². The molecule has 2 saturated heterocycles. The van der Waals surface area contributed by atoms with E-state index in [2.05, 4.69) is 10.2 Å². The van der Waals surface area contributed by atoms with Crippen LogP contribution in [-0.2, 0) is 9.53 Å². The molecule has 1 amide bonds. The second-order valence-corrected chi connectivity index (χ2v) is 8.12. The lowest BCUT2D eigenvalue weighted by molar-refractivity contribution is -0.139. The molecule has 8 nitrogen and oxygen atoms in total. The predicted octanol–water partition coefficient (Wildman–Crippen LogP) is 1.31. The summed E-state index contributed by atoms with van der Waals surface area (Å²) in [5.41, 5.74) is 1.67. The van der Waals surface area contributed by atoms with Crippen molar-refractivity contribution in [2.24, 2.45) is 5.92 Å². The van der Waals surface area contributed by atoms with Crippen LogP contribution in [-0.4, -0.2) is 82.4 Å². The van der Waals surface area contributed by atoms with Crippen molar-refractivity contribution < 1.29 is 19.4 Å². The van der Waals surface area contributed by atoms with Crippen LogP contribution in [0, 0.1) is 5.92 Å². The standard InChI is InChI=1S/C19H28N4O4/c24-17(25)10-22-7-13-8-23(9-15(22)12-27-11-13)19(26)16-6-20-21-18(16)14-4-2-1-3-5-14/h6,13-15H,1-5,7-12H2,(H,20,21)(H,24,25)/t13-,15+/m1/s1. The van der Waals surface area contributed by atoms with Gasteiger partial charge in [-0.15, -0.1) is 0 Å². The number of ether oxygens (including phenoxy) is 1. The van der Waals surface area contributed by atoms with E-state index in [1.807, 2.05) is 9.80 Å². The molecule has 0 unspecified atom stereocenters. The van der Waals surface area contributed by atoms with Crippen molar-refractivity contribution >= 4 is 11.9 Å². The summed E-state index contributed by atoms with van der Waals surface area (Å²) in [5, 5.41) is 16.5. The van der Waals surface area contributed by atoms with Crippen molar-refractivity contribution in [2.75, 3.05) is 39.4 Å². The van der Waals surface area contributed by atoms with Crippen LogP contribution >= 0.6 is 0 Å². The van der Waals surface area contributed by atoms with Gasteiger partial charge >= 0.3 is 5.97 Å². The highest BCUT2D eigenvalue weighted by atomic mass is 16.5. The molecule has 2 atom stereocenters. The highest BCUT2D eigenvalue weighted by molar-refractivity contribution is 5.95. The average molecular weight is 376 g/mol. The van der Waals surface area contributed by atoms with E-state index in [9.17, 15) is 14.7 Å². The number of H-pyrrole nitrogens is 1. The van der Waals surface area contributed by atoms with E-state index in [0.29, 0.717) is 44.3 Å². The van der Waals surface area contributed by atoms with Gasteiger partial charge in [0.05, 0.1) is 43.3 Å². The zero-order valence-corrected chi connectivity index (χ0v) is 15.6. The first-order valence-electron chi connectivity index (χ1n) is 9.98. The molecule has 3 heterocycles.